The van der Waals surface area contributed by atoms with Crippen molar-refractivity contribution >= 4 is 31.4 Å². The first kappa shape index (κ1) is 32.6. The first-order valence-electron chi connectivity index (χ1n) is 15.1. The van der Waals surface area contributed by atoms with Crippen LogP contribution in [0.15, 0.2) is 78.9 Å². The van der Waals surface area contributed by atoms with Crippen LogP contribution >= 0.6 is 0 Å². The van der Waals surface area contributed by atoms with Crippen molar-refractivity contribution in [1.29, 1.82) is 0 Å². The summed E-state index contributed by atoms with van der Waals surface area (Å²) in [5.41, 5.74) is -1.22. The second-order valence-electron chi connectivity index (χ2n) is 11.6. The molecule has 1 spiro atoms. The summed E-state index contributed by atoms with van der Waals surface area (Å²) in [4.78, 5) is 42.1. The van der Waals surface area contributed by atoms with Gasteiger partial charge in [-0.05, 0) is 74.2 Å². The van der Waals surface area contributed by atoms with E-state index < -0.39 is 52.0 Å². The molecule has 2 N–H and O–H groups in total. The zero-order valence-electron chi connectivity index (χ0n) is 25.9. The number of anilines is 1. The number of alkyl halides is 3. The molecule has 2 radical (unpaired) electrons. The van der Waals surface area contributed by atoms with Gasteiger partial charge in [0.15, 0.2) is 0 Å². The smallest absolute Gasteiger partial charge is 0.348 e. The van der Waals surface area contributed by atoms with Gasteiger partial charge >= 0.3 is 6.18 Å². The average Bonchev–Trinajstić information content (AvgIpc) is 3.67. The summed E-state index contributed by atoms with van der Waals surface area (Å²) in [6, 6.07) is 17.3. The summed E-state index contributed by atoms with van der Waals surface area (Å²) in [5, 5.41) is 8.55. The molecule has 2 aliphatic rings. The van der Waals surface area contributed by atoms with E-state index in [1.807, 2.05) is 6.07 Å². The first-order chi connectivity index (χ1) is 22.9. The molecule has 4 aromatic rings. The molecular formula is C35H28BF4N5O3. The Morgan fingerprint density at radius 2 is 1.77 bits per heavy atom. The molecule has 1 aliphatic heterocycles. The predicted molar refractivity (Wildman–Crippen MR) is 170 cm³/mol. The molecule has 8 nitrogen and oxygen atoms in total. The van der Waals surface area contributed by atoms with Gasteiger partial charge in [-0.3, -0.25) is 19.3 Å². The van der Waals surface area contributed by atoms with Gasteiger partial charge in [0.1, 0.15) is 11.6 Å². The van der Waals surface area contributed by atoms with Crippen molar-refractivity contribution in [3.05, 3.63) is 113 Å². The number of hydrogen-bond acceptors (Lipinski definition) is 4. The summed E-state index contributed by atoms with van der Waals surface area (Å²) in [6.45, 7) is 3.29. The molecule has 48 heavy (non-hydrogen) atoms. The lowest BCUT2D eigenvalue weighted by molar-refractivity contribution is -0.137. The Kier molecular flexibility index (Phi) is 8.15. The topological polar surface area (TPSA) is 96.3 Å². The molecule has 2 heterocycles. The fourth-order valence-corrected chi connectivity index (χ4v) is 6.63. The van der Waals surface area contributed by atoms with Crippen molar-refractivity contribution in [3.63, 3.8) is 0 Å². The van der Waals surface area contributed by atoms with Gasteiger partial charge < -0.3 is 10.6 Å². The second kappa shape index (κ2) is 12.0. The highest BCUT2D eigenvalue weighted by atomic mass is 19.4. The lowest BCUT2D eigenvalue weighted by Crippen LogP contribution is -2.58. The van der Waals surface area contributed by atoms with E-state index >= 15 is 0 Å². The van der Waals surface area contributed by atoms with Crippen LogP contribution in [0.25, 0.3) is 5.69 Å². The van der Waals surface area contributed by atoms with Crippen LogP contribution in [0.3, 0.4) is 0 Å². The van der Waals surface area contributed by atoms with Crippen molar-refractivity contribution in [2.45, 2.75) is 44.3 Å². The fourth-order valence-electron chi connectivity index (χ4n) is 6.63. The number of halogens is 4. The van der Waals surface area contributed by atoms with Crippen molar-refractivity contribution in [3.8, 4) is 17.5 Å². The van der Waals surface area contributed by atoms with E-state index in [-0.39, 0.29) is 25.1 Å². The number of benzene rings is 3. The number of hydrogen-bond donors (Lipinski definition) is 2. The minimum Gasteiger partial charge on any atom is -0.348 e. The van der Waals surface area contributed by atoms with Crippen molar-refractivity contribution in [2.75, 3.05) is 11.4 Å². The maximum atomic E-state index is 14.8. The Morgan fingerprint density at radius 3 is 2.42 bits per heavy atom. The lowest BCUT2D eigenvalue weighted by Gasteiger charge is -2.47. The molecule has 13 heteroatoms. The molecule has 6 rings (SSSR count). The SMILES string of the molecule is [B]C1(c2ccc(F)cc2)c2c(CNC(=O)C#CC)nn(-c3ccccc3)c2N(CC)C(=O)C12CC2NC(=O)c1cccc(C(F)(F)F)c1. The third-order valence-corrected chi connectivity index (χ3v) is 8.90. The van der Waals surface area contributed by atoms with E-state index in [0.29, 0.717) is 28.3 Å². The molecule has 1 fully saturated rings. The molecule has 3 amide bonds. The fraction of sp³-hybridized carbons (Fsp3) is 0.257. The molecular weight excluding hydrogens is 625 g/mol. The van der Waals surface area contributed by atoms with Gasteiger partial charge in [0.25, 0.3) is 11.8 Å². The number of nitrogens with one attached hydrogen (secondary N) is 2. The number of fused-ring (bicyclic) bond motifs is 1. The van der Waals surface area contributed by atoms with Gasteiger partial charge in [-0.25, -0.2) is 9.07 Å². The average molecular weight is 653 g/mol. The zero-order valence-corrected chi connectivity index (χ0v) is 25.9. The van der Waals surface area contributed by atoms with E-state index in [9.17, 15) is 31.9 Å². The van der Waals surface area contributed by atoms with Gasteiger partial charge in [0, 0.05) is 29.0 Å². The summed E-state index contributed by atoms with van der Waals surface area (Å²) >= 11 is 0. The van der Waals surface area contributed by atoms with Gasteiger partial charge in [0.2, 0.25) is 5.91 Å². The quantitative estimate of drug-likeness (QED) is 0.173. The van der Waals surface area contributed by atoms with Crippen LogP contribution in [0.2, 0.25) is 0 Å². The third kappa shape index (κ3) is 5.21. The molecule has 0 bridgehead atoms. The summed E-state index contributed by atoms with van der Waals surface area (Å²) in [6.07, 6.45) is -4.65. The monoisotopic (exact) mass is 653 g/mol. The molecule has 1 saturated carbocycles. The van der Waals surface area contributed by atoms with E-state index in [0.717, 1.165) is 18.2 Å². The van der Waals surface area contributed by atoms with Crippen LogP contribution in [0.1, 0.15) is 53.0 Å². The van der Waals surface area contributed by atoms with E-state index in [1.165, 1.54) is 42.2 Å². The number of carbonyl (C=O) groups is 3. The standard InChI is InChI=1S/C35H28BF4N5O3/c1-3-9-28(46)41-20-26-29-31(45(43-26)25-12-6-5-7-13-25)44(4-2)32(48)33(34(29,36)22-14-16-24(37)17-15-22)19-27(33)42-30(47)21-10-8-11-23(18-21)35(38,39)40/h5-8,10-18,27H,4,19-20H2,1-2H3,(H,41,46)(H,42,47). The van der Waals surface area contributed by atoms with Crippen LogP contribution in [-0.4, -0.2) is 47.9 Å². The second-order valence-corrected chi connectivity index (χ2v) is 11.6. The maximum Gasteiger partial charge on any atom is 0.416 e. The number of para-hydroxylation sites is 1. The van der Waals surface area contributed by atoms with Crippen LogP contribution in [0.5, 0.6) is 0 Å². The summed E-state index contributed by atoms with van der Waals surface area (Å²) in [5.74, 6) is 2.88. The lowest BCUT2D eigenvalue weighted by atomic mass is 9.49. The maximum absolute atomic E-state index is 14.8. The van der Waals surface area contributed by atoms with Gasteiger partial charge in [-0.1, -0.05) is 42.3 Å². The normalized spacial score (nSPS) is 21.2. The highest BCUT2D eigenvalue weighted by Gasteiger charge is 2.74. The summed E-state index contributed by atoms with van der Waals surface area (Å²) in [7, 11) is 7.47. The molecule has 242 valence electrons. The first-order valence-corrected chi connectivity index (χ1v) is 15.1. The van der Waals surface area contributed by atoms with Gasteiger partial charge in [-0.2, -0.15) is 18.3 Å². The molecule has 3 atom stereocenters. The van der Waals surface area contributed by atoms with E-state index in [4.69, 9.17) is 12.9 Å². The van der Waals surface area contributed by atoms with Crippen molar-refractivity contribution in [2.24, 2.45) is 5.41 Å². The molecule has 0 saturated heterocycles. The Labute approximate surface area is 274 Å². The molecule has 1 aliphatic carbocycles. The highest BCUT2D eigenvalue weighted by Crippen LogP contribution is 2.66. The van der Waals surface area contributed by atoms with Crippen LogP contribution in [0.4, 0.5) is 23.4 Å². The van der Waals surface area contributed by atoms with Crippen molar-refractivity contribution < 1.29 is 31.9 Å². The minimum atomic E-state index is -4.67. The van der Waals surface area contributed by atoms with Crippen LogP contribution in [0, 0.1) is 23.1 Å². The van der Waals surface area contributed by atoms with Crippen LogP contribution < -0.4 is 15.5 Å². The van der Waals surface area contributed by atoms with E-state index in [2.05, 4.69) is 22.5 Å². The zero-order chi connectivity index (χ0) is 34.4. The van der Waals surface area contributed by atoms with Crippen LogP contribution in [-0.2, 0) is 27.6 Å². The van der Waals surface area contributed by atoms with Gasteiger partial charge in [-0.15, -0.1) is 0 Å². The number of nitrogens with zero attached hydrogens (tertiary/aromatic N) is 3. The number of amides is 3. The Balaban J connectivity index is 1.54. The minimum absolute atomic E-state index is 0.0178. The Bertz CT molecular complexity index is 1990. The molecule has 3 unspecified atom stereocenters. The van der Waals surface area contributed by atoms with Crippen molar-refractivity contribution in [1.82, 2.24) is 20.4 Å². The highest BCUT2D eigenvalue weighted by molar-refractivity contribution is 6.26. The summed E-state index contributed by atoms with van der Waals surface area (Å²) < 4.78 is 56.1. The Hall–Kier alpha value is -5.38. The largest absolute Gasteiger partial charge is 0.416 e. The Morgan fingerprint density at radius 1 is 1.06 bits per heavy atom. The molecule has 3 aromatic carbocycles. The predicted octanol–water partition coefficient (Wildman–Crippen LogP) is 4.64. The number of aromatic nitrogens is 2. The van der Waals surface area contributed by atoms with Gasteiger partial charge in [0.05, 0.1) is 36.8 Å². The number of carbonyl (C=O) groups excluding carboxylic acids is 3. The van der Waals surface area contributed by atoms with E-state index in [1.54, 1.807) is 35.9 Å². The third-order valence-electron chi connectivity index (χ3n) is 8.90. The molecule has 1 aromatic heterocycles. The number of rotatable bonds is 7.